The lowest BCUT2D eigenvalue weighted by molar-refractivity contribution is 0.483. The number of ether oxygens (including phenoxy) is 1. The third kappa shape index (κ3) is 7.76. The van der Waals surface area contributed by atoms with Crippen molar-refractivity contribution in [1.29, 1.82) is 5.26 Å². The molecular formula is C49H31N7O. The van der Waals surface area contributed by atoms with Gasteiger partial charge in [-0.1, -0.05) is 152 Å². The third-order valence-electron chi connectivity index (χ3n) is 9.26. The van der Waals surface area contributed by atoms with E-state index in [1.54, 1.807) is 6.07 Å². The van der Waals surface area contributed by atoms with E-state index >= 15 is 0 Å². The normalized spacial score (nSPS) is 10.8. The van der Waals surface area contributed by atoms with Crippen LogP contribution in [-0.4, -0.2) is 29.9 Å². The Morgan fingerprint density at radius 2 is 0.632 bits per heavy atom. The molecule has 0 aliphatic heterocycles. The van der Waals surface area contributed by atoms with Crippen LogP contribution in [0.2, 0.25) is 0 Å². The largest absolute Gasteiger partial charge is 0.457 e. The minimum absolute atomic E-state index is 0.510. The first-order chi connectivity index (χ1) is 28.1. The first-order valence-electron chi connectivity index (χ1n) is 18.3. The molecule has 0 bridgehead atoms. The van der Waals surface area contributed by atoms with Crippen LogP contribution in [0.25, 0.3) is 79.5 Å². The summed E-state index contributed by atoms with van der Waals surface area (Å²) in [4.78, 5) is 29.4. The van der Waals surface area contributed by atoms with Crippen molar-refractivity contribution in [1.82, 2.24) is 29.9 Å². The molecule has 0 unspecified atom stereocenters. The lowest BCUT2D eigenvalue weighted by Gasteiger charge is -2.11. The second kappa shape index (κ2) is 15.7. The number of rotatable bonds is 9. The molecule has 0 spiro atoms. The van der Waals surface area contributed by atoms with Gasteiger partial charge in [-0.05, 0) is 47.5 Å². The maximum absolute atomic E-state index is 9.38. The Labute approximate surface area is 329 Å². The molecule has 7 aromatic carbocycles. The number of nitrogens with zero attached hydrogens (tertiary/aromatic N) is 7. The predicted molar refractivity (Wildman–Crippen MR) is 222 cm³/mol. The van der Waals surface area contributed by atoms with E-state index < -0.39 is 0 Å². The van der Waals surface area contributed by atoms with Crippen LogP contribution in [-0.2, 0) is 0 Å². The zero-order valence-corrected chi connectivity index (χ0v) is 30.4. The summed E-state index contributed by atoms with van der Waals surface area (Å²) < 4.78 is 6.47. The number of nitriles is 1. The maximum atomic E-state index is 9.38. The minimum Gasteiger partial charge on any atom is -0.457 e. The van der Waals surface area contributed by atoms with Gasteiger partial charge in [-0.3, -0.25) is 0 Å². The van der Waals surface area contributed by atoms with Crippen LogP contribution in [0.1, 0.15) is 5.56 Å². The summed E-state index contributed by atoms with van der Waals surface area (Å²) in [6, 6.07) is 62.9. The van der Waals surface area contributed by atoms with Crippen LogP contribution in [0, 0.1) is 11.3 Å². The molecule has 0 radical (unpaired) electrons. The summed E-state index contributed by atoms with van der Waals surface area (Å²) in [5.41, 5.74) is 7.65. The number of aromatic nitrogens is 6. The second-order valence-corrected chi connectivity index (χ2v) is 13.1. The van der Waals surface area contributed by atoms with Gasteiger partial charge in [-0.25, -0.2) is 29.9 Å². The Hall–Kier alpha value is -8.15. The molecule has 0 aliphatic rings. The van der Waals surface area contributed by atoms with Gasteiger partial charge in [0.25, 0.3) is 0 Å². The van der Waals surface area contributed by atoms with Crippen molar-refractivity contribution in [2.45, 2.75) is 0 Å². The molecule has 8 nitrogen and oxygen atoms in total. The SMILES string of the molecule is N#Cc1cccc(-c2ccc(-c3nc(-c4ccccc4)nc(-c4cccc(Oc5cccc(-c6nc(-c7ccccc7)nc(-c7ccccc7)n6)c5)c4)n3)cc2)c1. The van der Waals surface area contributed by atoms with Crippen molar-refractivity contribution in [3.63, 3.8) is 0 Å². The molecule has 9 rings (SSSR count). The van der Waals surface area contributed by atoms with Crippen LogP contribution >= 0.6 is 0 Å². The van der Waals surface area contributed by atoms with Gasteiger partial charge in [0.2, 0.25) is 0 Å². The lowest BCUT2D eigenvalue weighted by Crippen LogP contribution is -2.00. The molecule has 0 atom stereocenters. The highest BCUT2D eigenvalue weighted by Crippen LogP contribution is 2.32. The molecule has 9 aromatic rings. The predicted octanol–water partition coefficient (Wildman–Crippen LogP) is 11.4. The summed E-state index contributed by atoms with van der Waals surface area (Å²) in [5, 5.41) is 9.38. The van der Waals surface area contributed by atoms with Crippen LogP contribution in [0.3, 0.4) is 0 Å². The molecule has 0 N–H and O–H groups in total. The monoisotopic (exact) mass is 733 g/mol. The molecule has 0 fully saturated rings. The quantitative estimate of drug-likeness (QED) is 0.144. The Morgan fingerprint density at radius 3 is 1.05 bits per heavy atom. The second-order valence-electron chi connectivity index (χ2n) is 13.1. The van der Waals surface area contributed by atoms with E-state index in [1.165, 1.54) is 0 Å². The highest BCUT2D eigenvalue weighted by atomic mass is 16.5. The maximum Gasteiger partial charge on any atom is 0.164 e. The minimum atomic E-state index is 0.510. The molecule has 2 heterocycles. The molecular weight excluding hydrogens is 703 g/mol. The summed E-state index contributed by atoms with van der Waals surface area (Å²) in [6.07, 6.45) is 0. The van der Waals surface area contributed by atoms with Crippen molar-refractivity contribution in [2.75, 3.05) is 0 Å². The Bertz CT molecular complexity index is 2820. The van der Waals surface area contributed by atoms with E-state index in [4.69, 9.17) is 34.6 Å². The molecule has 0 amide bonds. The molecule has 0 saturated heterocycles. The fourth-order valence-corrected chi connectivity index (χ4v) is 6.40. The highest BCUT2D eigenvalue weighted by molar-refractivity contribution is 5.72. The molecule has 0 aliphatic carbocycles. The molecule has 0 saturated carbocycles. The van der Waals surface area contributed by atoms with Crippen LogP contribution in [0.4, 0.5) is 0 Å². The Morgan fingerprint density at radius 1 is 0.298 bits per heavy atom. The van der Waals surface area contributed by atoms with Gasteiger partial charge in [0.05, 0.1) is 11.6 Å². The topological polar surface area (TPSA) is 110 Å². The standard InChI is InChI=1S/C49H31N7O/c50-32-33-13-10-20-39(29-33)34-25-27-38(28-26-34)47-52-46(37-18-8-3-9-19-37)55-49(56-47)41-22-12-24-43(31-41)57-42-23-11-21-40(30-42)48-53-44(35-14-4-1-5-15-35)51-45(54-48)36-16-6-2-7-17-36/h1-31H. The zero-order valence-electron chi connectivity index (χ0n) is 30.4. The summed E-state index contributed by atoms with van der Waals surface area (Å²) >= 11 is 0. The van der Waals surface area contributed by atoms with Gasteiger partial charge in [0.1, 0.15) is 11.5 Å². The zero-order chi connectivity index (χ0) is 38.4. The van der Waals surface area contributed by atoms with Crippen molar-refractivity contribution < 1.29 is 4.74 Å². The average Bonchev–Trinajstić information content (AvgIpc) is 3.30. The lowest BCUT2D eigenvalue weighted by atomic mass is 10.0. The molecule has 2 aromatic heterocycles. The van der Waals surface area contributed by atoms with Crippen molar-refractivity contribution in [3.8, 4) is 97.0 Å². The summed E-state index contributed by atoms with van der Waals surface area (Å²) in [5.74, 6) is 4.56. The Kier molecular flexibility index (Phi) is 9.52. The summed E-state index contributed by atoms with van der Waals surface area (Å²) in [7, 11) is 0. The van der Waals surface area contributed by atoms with Gasteiger partial charge in [0, 0.05) is 33.4 Å². The van der Waals surface area contributed by atoms with Gasteiger partial charge >= 0.3 is 0 Å². The third-order valence-corrected chi connectivity index (χ3v) is 9.26. The fraction of sp³-hybridized carbons (Fsp3) is 0. The van der Waals surface area contributed by atoms with Crippen molar-refractivity contribution in [3.05, 3.63) is 194 Å². The summed E-state index contributed by atoms with van der Waals surface area (Å²) in [6.45, 7) is 0. The van der Waals surface area contributed by atoms with E-state index in [0.29, 0.717) is 52.0 Å². The van der Waals surface area contributed by atoms with E-state index in [9.17, 15) is 5.26 Å². The molecule has 268 valence electrons. The Balaban J connectivity index is 1.04. The van der Waals surface area contributed by atoms with E-state index in [2.05, 4.69) is 6.07 Å². The average molecular weight is 734 g/mol. The van der Waals surface area contributed by atoms with Gasteiger partial charge in [0.15, 0.2) is 34.9 Å². The van der Waals surface area contributed by atoms with Gasteiger partial charge in [-0.2, -0.15) is 5.26 Å². The molecule has 8 heteroatoms. The van der Waals surface area contributed by atoms with Crippen molar-refractivity contribution >= 4 is 0 Å². The van der Waals surface area contributed by atoms with E-state index in [-0.39, 0.29) is 0 Å². The number of hydrogen-bond acceptors (Lipinski definition) is 8. The first-order valence-corrected chi connectivity index (χ1v) is 18.3. The van der Waals surface area contributed by atoms with Crippen LogP contribution in [0.5, 0.6) is 11.5 Å². The highest BCUT2D eigenvalue weighted by Gasteiger charge is 2.15. The van der Waals surface area contributed by atoms with Crippen molar-refractivity contribution in [2.24, 2.45) is 0 Å². The van der Waals surface area contributed by atoms with Gasteiger partial charge in [-0.15, -0.1) is 0 Å². The van der Waals surface area contributed by atoms with Crippen LogP contribution < -0.4 is 4.74 Å². The number of hydrogen-bond donors (Lipinski definition) is 0. The fourth-order valence-electron chi connectivity index (χ4n) is 6.40. The van der Waals surface area contributed by atoms with E-state index in [0.717, 1.165) is 44.5 Å². The molecule has 57 heavy (non-hydrogen) atoms. The van der Waals surface area contributed by atoms with Crippen LogP contribution in [0.15, 0.2) is 188 Å². The van der Waals surface area contributed by atoms with E-state index in [1.807, 2.05) is 182 Å². The first kappa shape index (κ1) is 34.6. The smallest absolute Gasteiger partial charge is 0.164 e. The number of benzene rings is 7. The van der Waals surface area contributed by atoms with Gasteiger partial charge < -0.3 is 4.74 Å².